The summed E-state index contributed by atoms with van der Waals surface area (Å²) >= 11 is 0. The summed E-state index contributed by atoms with van der Waals surface area (Å²) < 4.78 is 5.24. The summed E-state index contributed by atoms with van der Waals surface area (Å²) in [5.41, 5.74) is 2.96. The van der Waals surface area contributed by atoms with Crippen molar-refractivity contribution in [3.8, 4) is 11.8 Å². The highest BCUT2D eigenvalue weighted by molar-refractivity contribution is 5.79. The molecule has 0 unspecified atom stereocenters. The van der Waals surface area contributed by atoms with Crippen LogP contribution in [0.4, 0.5) is 5.69 Å². The monoisotopic (exact) mass is 460 g/mol. The van der Waals surface area contributed by atoms with E-state index in [1.807, 2.05) is 18.2 Å². The van der Waals surface area contributed by atoms with Crippen molar-refractivity contribution < 1.29 is 9.53 Å². The van der Waals surface area contributed by atoms with Gasteiger partial charge in [0.2, 0.25) is 5.91 Å². The van der Waals surface area contributed by atoms with E-state index in [0.29, 0.717) is 17.2 Å². The molecule has 0 spiro atoms. The number of hydrogen-bond donors (Lipinski definition) is 1. The van der Waals surface area contributed by atoms with Crippen molar-refractivity contribution in [1.82, 2.24) is 10.2 Å². The molecule has 4 rings (SSSR count). The third-order valence-corrected chi connectivity index (χ3v) is 7.34. The first-order chi connectivity index (χ1) is 16.7. The standard InChI is InChI=1S/C28H36N4O2/c1-34-27-8-7-26(19-25(27)20-29)32-17-12-24(13-18-32)28(33)30-14-9-22-10-15-31(16-11-22)21-23-5-3-2-4-6-23/h2-8,19,22,24H,9-18,21H2,1H3,(H,30,33). The Morgan fingerprint density at radius 2 is 1.79 bits per heavy atom. The highest BCUT2D eigenvalue weighted by Crippen LogP contribution is 2.28. The molecule has 34 heavy (non-hydrogen) atoms. The Morgan fingerprint density at radius 1 is 1.06 bits per heavy atom. The average Bonchev–Trinajstić information content (AvgIpc) is 2.90. The van der Waals surface area contributed by atoms with E-state index < -0.39 is 0 Å². The van der Waals surface area contributed by atoms with Crippen LogP contribution in [-0.2, 0) is 11.3 Å². The molecular formula is C28H36N4O2. The first-order valence-corrected chi connectivity index (χ1v) is 12.5. The second kappa shape index (κ2) is 11.9. The smallest absolute Gasteiger partial charge is 0.223 e. The largest absolute Gasteiger partial charge is 0.495 e. The SMILES string of the molecule is COc1ccc(N2CCC(C(=O)NCCC3CCN(Cc4ccccc4)CC3)CC2)cc1C#N. The van der Waals surface area contributed by atoms with Crippen LogP contribution >= 0.6 is 0 Å². The number of nitrogens with zero attached hydrogens (tertiary/aromatic N) is 3. The summed E-state index contributed by atoms with van der Waals surface area (Å²) in [7, 11) is 1.58. The Labute approximate surface area is 203 Å². The van der Waals surface area contributed by atoms with Crippen LogP contribution in [0.25, 0.3) is 0 Å². The first kappa shape index (κ1) is 24.1. The predicted octanol–water partition coefficient (Wildman–Crippen LogP) is 4.20. The molecule has 1 N–H and O–H groups in total. The number of benzene rings is 2. The number of anilines is 1. The summed E-state index contributed by atoms with van der Waals surface area (Å²) in [5, 5.41) is 12.5. The van der Waals surface area contributed by atoms with Gasteiger partial charge in [0.05, 0.1) is 12.7 Å². The van der Waals surface area contributed by atoms with Gasteiger partial charge >= 0.3 is 0 Å². The van der Waals surface area contributed by atoms with Gasteiger partial charge in [0.1, 0.15) is 11.8 Å². The second-order valence-corrected chi connectivity index (χ2v) is 9.54. The molecule has 180 valence electrons. The quantitative estimate of drug-likeness (QED) is 0.639. The minimum atomic E-state index is 0.0812. The zero-order valence-corrected chi connectivity index (χ0v) is 20.2. The molecule has 2 aliphatic heterocycles. The fourth-order valence-electron chi connectivity index (χ4n) is 5.20. The van der Waals surface area contributed by atoms with Crippen LogP contribution in [0.3, 0.4) is 0 Å². The minimum absolute atomic E-state index is 0.0812. The number of rotatable bonds is 8. The minimum Gasteiger partial charge on any atom is -0.495 e. The van der Waals surface area contributed by atoms with E-state index in [4.69, 9.17) is 4.74 Å². The van der Waals surface area contributed by atoms with Gasteiger partial charge in [0.15, 0.2) is 0 Å². The number of carbonyl (C=O) groups is 1. The lowest BCUT2D eigenvalue weighted by Crippen LogP contribution is -2.41. The van der Waals surface area contributed by atoms with Gasteiger partial charge in [-0.1, -0.05) is 30.3 Å². The van der Waals surface area contributed by atoms with Gasteiger partial charge < -0.3 is 15.0 Å². The highest BCUT2D eigenvalue weighted by atomic mass is 16.5. The zero-order chi connectivity index (χ0) is 23.8. The van der Waals surface area contributed by atoms with Crippen LogP contribution < -0.4 is 15.0 Å². The summed E-state index contributed by atoms with van der Waals surface area (Å²) in [6.07, 6.45) is 5.20. The summed E-state index contributed by atoms with van der Waals surface area (Å²) in [6, 6.07) is 18.6. The van der Waals surface area contributed by atoms with E-state index >= 15 is 0 Å². The van der Waals surface area contributed by atoms with Gasteiger partial charge in [0.25, 0.3) is 0 Å². The van der Waals surface area contributed by atoms with Crippen molar-refractivity contribution in [3.05, 3.63) is 59.7 Å². The zero-order valence-electron chi connectivity index (χ0n) is 20.2. The lowest BCUT2D eigenvalue weighted by Gasteiger charge is -2.34. The summed E-state index contributed by atoms with van der Waals surface area (Å²) in [5.74, 6) is 1.59. The topological polar surface area (TPSA) is 68.6 Å². The van der Waals surface area contributed by atoms with Crippen molar-refractivity contribution >= 4 is 11.6 Å². The maximum atomic E-state index is 12.7. The lowest BCUT2D eigenvalue weighted by atomic mass is 9.92. The van der Waals surface area contributed by atoms with Crippen molar-refractivity contribution in [2.75, 3.05) is 44.7 Å². The molecule has 2 aromatic carbocycles. The van der Waals surface area contributed by atoms with Gasteiger partial charge in [0, 0.05) is 37.8 Å². The van der Waals surface area contributed by atoms with E-state index in [2.05, 4.69) is 51.5 Å². The number of hydrogen-bond acceptors (Lipinski definition) is 5. The molecule has 0 radical (unpaired) electrons. The average molecular weight is 461 g/mol. The maximum Gasteiger partial charge on any atom is 0.223 e. The Balaban J connectivity index is 1.14. The molecule has 0 saturated carbocycles. The molecular weight excluding hydrogens is 424 g/mol. The van der Waals surface area contributed by atoms with E-state index in [0.717, 1.165) is 64.2 Å². The maximum absolute atomic E-state index is 12.7. The molecule has 0 atom stereocenters. The normalized spacial score (nSPS) is 17.8. The van der Waals surface area contributed by atoms with Crippen LogP contribution in [0.5, 0.6) is 5.75 Å². The van der Waals surface area contributed by atoms with Gasteiger partial charge in [-0.2, -0.15) is 5.26 Å². The van der Waals surface area contributed by atoms with E-state index in [1.54, 1.807) is 7.11 Å². The number of ether oxygens (including phenoxy) is 1. The van der Waals surface area contributed by atoms with Crippen molar-refractivity contribution in [1.29, 1.82) is 5.26 Å². The molecule has 0 aliphatic carbocycles. The molecule has 6 nitrogen and oxygen atoms in total. The number of amides is 1. The van der Waals surface area contributed by atoms with Gasteiger partial charge in [-0.15, -0.1) is 0 Å². The van der Waals surface area contributed by atoms with Crippen molar-refractivity contribution in [3.63, 3.8) is 0 Å². The summed E-state index contributed by atoms with van der Waals surface area (Å²) in [4.78, 5) is 17.5. The highest BCUT2D eigenvalue weighted by Gasteiger charge is 2.26. The van der Waals surface area contributed by atoms with Crippen LogP contribution in [-0.4, -0.2) is 50.6 Å². The van der Waals surface area contributed by atoms with E-state index in [-0.39, 0.29) is 11.8 Å². The number of likely N-dealkylation sites (tertiary alicyclic amines) is 1. The van der Waals surface area contributed by atoms with Gasteiger partial charge in [-0.05, 0) is 74.9 Å². The molecule has 1 amide bonds. The third kappa shape index (κ3) is 6.30. The fraction of sp³-hybridized carbons (Fsp3) is 0.500. The molecule has 2 saturated heterocycles. The van der Waals surface area contributed by atoms with Crippen LogP contribution in [0.2, 0.25) is 0 Å². The predicted molar refractivity (Wildman–Crippen MR) is 135 cm³/mol. The van der Waals surface area contributed by atoms with Crippen LogP contribution in [0.1, 0.15) is 43.2 Å². The Kier molecular flexibility index (Phi) is 8.43. The lowest BCUT2D eigenvalue weighted by molar-refractivity contribution is -0.125. The Hall–Kier alpha value is -3.04. The van der Waals surface area contributed by atoms with Crippen molar-refractivity contribution in [2.24, 2.45) is 11.8 Å². The summed E-state index contributed by atoms with van der Waals surface area (Å²) in [6.45, 7) is 5.77. The molecule has 2 heterocycles. The first-order valence-electron chi connectivity index (χ1n) is 12.5. The van der Waals surface area contributed by atoms with E-state index in [9.17, 15) is 10.1 Å². The van der Waals surface area contributed by atoms with E-state index in [1.165, 1.54) is 18.4 Å². The molecule has 2 aromatic rings. The third-order valence-electron chi connectivity index (χ3n) is 7.34. The molecule has 0 aromatic heterocycles. The molecule has 0 bridgehead atoms. The van der Waals surface area contributed by atoms with Gasteiger partial charge in [-0.3, -0.25) is 9.69 Å². The number of carbonyl (C=O) groups excluding carboxylic acids is 1. The fourth-order valence-corrected chi connectivity index (χ4v) is 5.20. The Bertz CT molecular complexity index is 972. The van der Waals surface area contributed by atoms with Gasteiger partial charge in [-0.25, -0.2) is 0 Å². The number of methoxy groups -OCH3 is 1. The number of nitrogens with one attached hydrogen (secondary N) is 1. The molecule has 2 aliphatic rings. The molecule has 2 fully saturated rings. The second-order valence-electron chi connectivity index (χ2n) is 9.54. The van der Waals surface area contributed by atoms with Crippen LogP contribution in [0.15, 0.2) is 48.5 Å². The van der Waals surface area contributed by atoms with Crippen LogP contribution in [0, 0.1) is 23.2 Å². The number of nitriles is 1. The van der Waals surface area contributed by atoms with Crippen molar-refractivity contribution in [2.45, 2.75) is 38.6 Å². The number of piperidine rings is 2. The Morgan fingerprint density at radius 3 is 2.47 bits per heavy atom. The molecule has 6 heteroatoms.